The highest BCUT2D eigenvalue weighted by Gasteiger charge is 2.17. The lowest BCUT2D eigenvalue weighted by molar-refractivity contribution is 0.0805. The van der Waals surface area contributed by atoms with Crippen molar-refractivity contribution in [2.45, 2.75) is 39.0 Å². The summed E-state index contributed by atoms with van der Waals surface area (Å²) in [5.41, 5.74) is -0.580. The fourth-order valence-corrected chi connectivity index (χ4v) is 2.35. The molecule has 2 aromatic rings. The second-order valence-corrected chi connectivity index (χ2v) is 6.63. The van der Waals surface area contributed by atoms with Crippen LogP contribution in [0.1, 0.15) is 20.8 Å². The lowest BCUT2D eigenvalue weighted by Gasteiger charge is -2.22. The van der Waals surface area contributed by atoms with Gasteiger partial charge in [-0.15, -0.1) is 0 Å². The van der Waals surface area contributed by atoms with Gasteiger partial charge in [-0.25, -0.2) is 4.98 Å². The number of rotatable bonds is 4. The summed E-state index contributed by atoms with van der Waals surface area (Å²) in [6.45, 7) is 5.48. The van der Waals surface area contributed by atoms with Gasteiger partial charge in [-0.05, 0) is 38.3 Å². The third kappa shape index (κ3) is 3.76. The minimum atomic E-state index is -0.991. The van der Waals surface area contributed by atoms with Gasteiger partial charge < -0.3 is 20.1 Å². The normalized spacial score (nSPS) is 13.4. The highest BCUT2D eigenvalue weighted by Crippen LogP contribution is 2.24. The largest absolute Gasteiger partial charge is 0.394 e. The molecular weight excluding hydrogens is 306 g/mol. The molecule has 2 rings (SSSR count). The molecule has 0 saturated heterocycles. The molecule has 7 heteroatoms. The van der Waals surface area contributed by atoms with Crippen LogP contribution in [0.3, 0.4) is 0 Å². The standard InChI is InChI=1S/C15H20ClN3O3/c1-15(2,3)18-13-12-9(6-11(16)17-13)4-5-19(14(12)22)7-10(21)8-20/h4-6,10,20-21H,7-8H2,1-3H3,(H,17,18)/t10-/m0/s1. The van der Waals surface area contributed by atoms with Crippen molar-refractivity contribution in [3.8, 4) is 0 Å². The molecule has 0 bridgehead atoms. The number of aliphatic hydroxyl groups excluding tert-OH is 2. The topological polar surface area (TPSA) is 87.4 Å². The van der Waals surface area contributed by atoms with Crippen molar-refractivity contribution >= 4 is 28.2 Å². The van der Waals surface area contributed by atoms with E-state index in [-0.39, 0.29) is 17.6 Å². The SMILES string of the molecule is CC(C)(C)Nc1nc(Cl)cc2ccn(C[C@H](O)CO)c(=O)c12. The molecule has 0 radical (unpaired) electrons. The average molecular weight is 326 g/mol. The number of hydrogen-bond acceptors (Lipinski definition) is 5. The average Bonchev–Trinajstić information content (AvgIpc) is 2.39. The molecule has 0 fully saturated rings. The molecule has 1 atom stereocenters. The molecule has 0 amide bonds. The first-order valence-electron chi connectivity index (χ1n) is 6.98. The maximum Gasteiger partial charge on any atom is 0.262 e. The number of halogens is 1. The summed E-state index contributed by atoms with van der Waals surface area (Å²) in [7, 11) is 0. The second-order valence-electron chi connectivity index (χ2n) is 6.24. The number of hydrogen-bond donors (Lipinski definition) is 3. The Balaban J connectivity index is 2.63. The van der Waals surface area contributed by atoms with Crippen molar-refractivity contribution in [1.82, 2.24) is 9.55 Å². The Kier molecular flexibility index (Phi) is 4.75. The summed E-state index contributed by atoms with van der Waals surface area (Å²) in [4.78, 5) is 16.9. The maximum absolute atomic E-state index is 12.6. The first-order chi connectivity index (χ1) is 10.2. The van der Waals surface area contributed by atoms with Crippen LogP contribution in [0.4, 0.5) is 5.82 Å². The van der Waals surface area contributed by atoms with E-state index in [1.807, 2.05) is 20.8 Å². The van der Waals surface area contributed by atoms with E-state index in [0.29, 0.717) is 21.7 Å². The molecule has 0 aliphatic carbocycles. The van der Waals surface area contributed by atoms with Gasteiger partial charge in [0.1, 0.15) is 11.0 Å². The van der Waals surface area contributed by atoms with E-state index in [2.05, 4.69) is 10.3 Å². The third-order valence-corrected chi connectivity index (χ3v) is 3.23. The number of nitrogens with zero attached hydrogens (tertiary/aromatic N) is 2. The van der Waals surface area contributed by atoms with Gasteiger partial charge in [-0.2, -0.15) is 0 Å². The first-order valence-corrected chi connectivity index (χ1v) is 7.36. The predicted octanol–water partition coefficient (Wildman–Crippen LogP) is 1.61. The monoisotopic (exact) mass is 325 g/mol. The quantitative estimate of drug-likeness (QED) is 0.743. The maximum atomic E-state index is 12.6. The summed E-state index contributed by atoms with van der Waals surface area (Å²) in [5, 5.41) is 23.0. The summed E-state index contributed by atoms with van der Waals surface area (Å²) < 4.78 is 1.35. The van der Waals surface area contributed by atoms with Crippen molar-refractivity contribution in [1.29, 1.82) is 0 Å². The summed E-state index contributed by atoms with van der Waals surface area (Å²) in [5.74, 6) is 0.410. The lowest BCUT2D eigenvalue weighted by Crippen LogP contribution is -2.31. The first kappa shape index (κ1) is 16.7. The summed E-state index contributed by atoms with van der Waals surface area (Å²) >= 11 is 6.02. The van der Waals surface area contributed by atoms with Crippen LogP contribution in [-0.4, -0.2) is 38.0 Å². The summed E-state index contributed by atoms with van der Waals surface area (Å²) in [6.07, 6.45) is 0.579. The van der Waals surface area contributed by atoms with Crippen molar-refractivity contribution in [3.63, 3.8) is 0 Å². The molecular formula is C15H20ClN3O3. The smallest absolute Gasteiger partial charge is 0.262 e. The van der Waals surface area contributed by atoms with E-state index in [4.69, 9.17) is 16.7 Å². The van der Waals surface area contributed by atoms with Gasteiger partial charge in [-0.1, -0.05) is 11.6 Å². The Morgan fingerprint density at radius 1 is 1.45 bits per heavy atom. The molecule has 0 spiro atoms. The fourth-order valence-electron chi connectivity index (χ4n) is 2.14. The van der Waals surface area contributed by atoms with Gasteiger partial charge in [0.25, 0.3) is 5.56 Å². The van der Waals surface area contributed by atoms with Gasteiger partial charge in [0.15, 0.2) is 0 Å². The van der Waals surface area contributed by atoms with Crippen molar-refractivity contribution in [2.24, 2.45) is 0 Å². The van der Waals surface area contributed by atoms with Crippen LogP contribution in [0.25, 0.3) is 10.8 Å². The summed E-state index contributed by atoms with van der Waals surface area (Å²) in [6, 6.07) is 3.36. The predicted molar refractivity (Wildman–Crippen MR) is 87.5 cm³/mol. The van der Waals surface area contributed by atoms with E-state index in [0.717, 1.165) is 0 Å². The molecule has 0 saturated carbocycles. The van der Waals surface area contributed by atoms with Gasteiger partial charge >= 0.3 is 0 Å². The number of fused-ring (bicyclic) bond motifs is 1. The third-order valence-electron chi connectivity index (χ3n) is 3.04. The molecule has 3 N–H and O–H groups in total. The molecule has 0 aliphatic heterocycles. The zero-order chi connectivity index (χ0) is 16.5. The lowest BCUT2D eigenvalue weighted by atomic mass is 10.1. The van der Waals surface area contributed by atoms with Crippen LogP contribution in [0.5, 0.6) is 0 Å². The Morgan fingerprint density at radius 3 is 2.73 bits per heavy atom. The van der Waals surface area contributed by atoms with Crippen LogP contribution in [-0.2, 0) is 6.54 Å². The number of anilines is 1. The van der Waals surface area contributed by atoms with Crippen LogP contribution in [0, 0.1) is 0 Å². The minimum Gasteiger partial charge on any atom is -0.394 e. The van der Waals surface area contributed by atoms with E-state index >= 15 is 0 Å². The molecule has 2 heterocycles. The highest BCUT2D eigenvalue weighted by molar-refractivity contribution is 6.30. The zero-order valence-electron chi connectivity index (χ0n) is 12.8. The second kappa shape index (κ2) is 6.24. The highest BCUT2D eigenvalue weighted by atomic mass is 35.5. The number of aromatic nitrogens is 2. The molecule has 120 valence electrons. The van der Waals surface area contributed by atoms with Crippen LogP contribution < -0.4 is 10.9 Å². The van der Waals surface area contributed by atoms with Gasteiger partial charge in [0.05, 0.1) is 24.6 Å². The van der Waals surface area contributed by atoms with Gasteiger partial charge in [-0.3, -0.25) is 4.79 Å². The molecule has 0 unspecified atom stereocenters. The van der Waals surface area contributed by atoms with Crippen molar-refractivity contribution < 1.29 is 10.2 Å². The minimum absolute atomic E-state index is 0.0167. The Bertz CT molecular complexity index is 737. The number of aliphatic hydroxyl groups is 2. The van der Waals surface area contributed by atoms with Crippen molar-refractivity contribution in [3.05, 3.63) is 33.8 Å². The van der Waals surface area contributed by atoms with Gasteiger partial charge in [0.2, 0.25) is 0 Å². The number of nitrogens with one attached hydrogen (secondary N) is 1. The molecule has 0 aliphatic rings. The van der Waals surface area contributed by atoms with E-state index < -0.39 is 12.7 Å². The number of pyridine rings is 2. The Hall–Kier alpha value is -1.63. The molecule has 0 aromatic carbocycles. The van der Waals surface area contributed by atoms with Gasteiger partial charge in [0, 0.05) is 11.7 Å². The van der Waals surface area contributed by atoms with E-state index in [1.165, 1.54) is 4.57 Å². The van der Waals surface area contributed by atoms with Crippen LogP contribution >= 0.6 is 11.6 Å². The van der Waals surface area contributed by atoms with E-state index in [1.54, 1.807) is 18.3 Å². The Labute approximate surface area is 133 Å². The molecule has 6 nitrogen and oxygen atoms in total. The van der Waals surface area contributed by atoms with Crippen molar-refractivity contribution in [2.75, 3.05) is 11.9 Å². The van der Waals surface area contributed by atoms with E-state index in [9.17, 15) is 9.90 Å². The van der Waals surface area contributed by atoms with Crippen LogP contribution in [0.2, 0.25) is 5.15 Å². The molecule has 2 aromatic heterocycles. The zero-order valence-corrected chi connectivity index (χ0v) is 13.6. The fraction of sp³-hybridized carbons (Fsp3) is 0.467. The Morgan fingerprint density at radius 2 is 2.14 bits per heavy atom. The molecule has 22 heavy (non-hydrogen) atoms. The van der Waals surface area contributed by atoms with Crippen LogP contribution in [0.15, 0.2) is 23.1 Å².